The molecule has 0 atom stereocenters. The van der Waals surface area contributed by atoms with Crippen molar-refractivity contribution in [1.82, 2.24) is 10.6 Å². The van der Waals surface area contributed by atoms with Crippen molar-refractivity contribution < 1.29 is 9.53 Å². The average Bonchev–Trinajstić information content (AvgIpc) is 2.89. The lowest BCUT2D eigenvalue weighted by molar-refractivity contribution is 0.0343. The molecular formula is C12H18N2O2S. The highest BCUT2D eigenvalue weighted by molar-refractivity contribution is 7.12. The second-order valence-corrected chi connectivity index (χ2v) is 5.00. The van der Waals surface area contributed by atoms with Crippen LogP contribution in [0.25, 0.3) is 0 Å². The summed E-state index contributed by atoms with van der Waals surface area (Å²) in [5.41, 5.74) is 0. The summed E-state index contributed by atoms with van der Waals surface area (Å²) < 4.78 is 5.70. The first-order valence-corrected chi connectivity index (χ1v) is 6.88. The van der Waals surface area contributed by atoms with Crippen molar-refractivity contribution in [3.05, 3.63) is 22.4 Å². The van der Waals surface area contributed by atoms with Gasteiger partial charge in [-0.25, -0.2) is 0 Å². The quantitative estimate of drug-likeness (QED) is 0.777. The van der Waals surface area contributed by atoms with Gasteiger partial charge in [0.2, 0.25) is 0 Å². The van der Waals surface area contributed by atoms with Crippen LogP contribution in [0, 0.1) is 0 Å². The standard InChI is InChI=1S/C12H18N2O2S/c15-12(11-2-1-9-17-11)14-7-8-16-10-3-5-13-6-4-10/h1-2,9-10,13H,3-8H2,(H,14,15). The molecule has 1 fully saturated rings. The molecule has 0 unspecified atom stereocenters. The predicted octanol–water partition coefficient (Wildman–Crippen LogP) is 1.25. The van der Waals surface area contributed by atoms with Gasteiger partial charge in [-0.05, 0) is 37.4 Å². The van der Waals surface area contributed by atoms with E-state index in [1.807, 2.05) is 17.5 Å². The van der Waals surface area contributed by atoms with Crippen LogP contribution < -0.4 is 10.6 Å². The zero-order valence-electron chi connectivity index (χ0n) is 9.78. The predicted molar refractivity (Wildman–Crippen MR) is 68.5 cm³/mol. The maximum Gasteiger partial charge on any atom is 0.261 e. The van der Waals surface area contributed by atoms with Crippen LogP contribution in [-0.4, -0.2) is 38.3 Å². The molecule has 5 heteroatoms. The number of hydrogen-bond acceptors (Lipinski definition) is 4. The molecule has 0 aromatic carbocycles. The Kier molecular flexibility index (Phi) is 4.97. The van der Waals surface area contributed by atoms with Crippen molar-refractivity contribution in [2.45, 2.75) is 18.9 Å². The van der Waals surface area contributed by atoms with E-state index >= 15 is 0 Å². The summed E-state index contributed by atoms with van der Waals surface area (Å²) in [6.07, 6.45) is 2.49. The van der Waals surface area contributed by atoms with Crippen LogP contribution in [-0.2, 0) is 4.74 Å². The van der Waals surface area contributed by atoms with E-state index in [0.29, 0.717) is 19.3 Å². The summed E-state index contributed by atoms with van der Waals surface area (Å²) in [6.45, 7) is 3.25. The smallest absolute Gasteiger partial charge is 0.261 e. The Morgan fingerprint density at radius 3 is 3.06 bits per heavy atom. The first kappa shape index (κ1) is 12.5. The van der Waals surface area contributed by atoms with Gasteiger partial charge in [0.1, 0.15) is 0 Å². The minimum Gasteiger partial charge on any atom is -0.376 e. The molecule has 0 radical (unpaired) electrons. The van der Waals surface area contributed by atoms with Crippen molar-refractivity contribution in [3.8, 4) is 0 Å². The second-order valence-electron chi connectivity index (χ2n) is 4.05. The molecule has 17 heavy (non-hydrogen) atoms. The molecule has 4 nitrogen and oxygen atoms in total. The second kappa shape index (κ2) is 6.74. The molecule has 1 amide bonds. The van der Waals surface area contributed by atoms with E-state index in [-0.39, 0.29) is 5.91 Å². The van der Waals surface area contributed by atoms with Gasteiger partial charge in [-0.3, -0.25) is 4.79 Å². The van der Waals surface area contributed by atoms with Crippen molar-refractivity contribution >= 4 is 17.2 Å². The molecule has 2 N–H and O–H groups in total. The van der Waals surface area contributed by atoms with Crippen LogP contribution in [0.3, 0.4) is 0 Å². The highest BCUT2D eigenvalue weighted by Crippen LogP contribution is 2.08. The molecule has 0 spiro atoms. The highest BCUT2D eigenvalue weighted by Gasteiger charge is 2.13. The molecule has 2 rings (SSSR count). The fourth-order valence-corrected chi connectivity index (χ4v) is 2.49. The summed E-state index contributed by atoms with van der Waals surface area (Å²) in [5, 5.41) is 8.05. The minimum atomic E-state index is -0.00564. The van der Waals surface area contributed by atoms with Crippen LogP contribution in [0.5, 0.6) is 0 Å². The molecule has 1 aromatic rings. The number of ether oxygens (including phenoxy) is 1. The van der Waals surface area contributed by atoms with Gasteiger partial charge < -0.3 is 15.4 Å². The lowest BCUT2D eigenvalue weighted by Gasteiger charge is -2.22. The molecule has 94 valence electrons. The molecule has 0 bridgehead atoms. The normalized spacial score (nSPS) is 16.9. The van der Waals surface area contributed by atoms with Gasteiger partial charge >= 0.3 is 0 Å². The highest BCUT2D eigenvalue weighted by atomic mass is 32.1. The van der Waals surface area contributed by atoms with Gasteiger partial charge in [0.05, 0.1) is 17.6 Å². The van der Waals surface area contributed by atoms with E-state index in [4.69, 9.17) is 4.74 Å². The largest absolute Gasteiger partial charge is 0.376 e. The van der Waals surface area contributed by atoms with Gasteiger partial charge in [0.15, 0.2) is 0 Å². The van der Waals surface area contributed by atoms with Crippen LogP contribution in [0.4, 0.5) is 0 Å². The lowest BCUT2D eigenvalue weighted by Crippen LogP contribution is -2.34. The summed E-state index contributed by atoms with van der Waals surface area (Å²) in [5.74, 6) is -0.00564. The minimum absolute atomic E-state index is 0.00564. The maximum atomic E-state index is 11.6. The number of rotatable bonds is 5. The first-order chi connectivity index (χ1) is 8.36. The molecule has 1 aromatic heterocycles. The van der Waals surface area contributed by atoms with Gasteiger partial charge in [-0.2, -0.15) is 0 Å². The van der Waals surface area contributed by atoms with Crippen molar-refractivity contribution in [3.63, 3.8) is 0 Å². The summed E-state index contributed by atoms with van der Waals surface area (Å²) in [4.78, 5) is 12.3. The van der Waals surface area contributed by atoms with Crippen LogP contribution in [0.15, 0.2) is 17.5 Å². The van der Waals surface area contributed by atoms with Crippen molar-refractivity contribution in [1.29, 1.82) is 0 Å². The average molecular weight is 254 g/mol. The number of thiophene rings is 1. The molecule has 2 heterocycles. The summed E-state index contributed by atoms with van der Waals surface area (Å²) in [6, 6.07) is 3.71. The van der Waals surface area contributed by atoms with Gasteiger partial charge in [0, 0.05) is 6.54 Å². The Morgan fingerprint density at radius 1 is 1.53 bits per heavy atom. The Bertz CT molecular complexity index is 334. The summed E-state index contributed by atoms with van der Waals surface area (Å²) in [7, 11) is 0. The van der Waals surface area contributed by atoms with Crippen molar-refractivity contribution in [2.24, 2.45) is 0 Å². The SMILES string of the molecule is O=C(NCCOC1CCNCC1)c1cccs1. The zero-order chi connectivity index (χ0) is 11.9. The maximum absolute atomic E-state index is 11.6. The Morgan fingerprint density at radius 2 is 2.35 bits per heavy atom. The summed E-state index contributed by atoms with van der Waals surface area (Å²) >= 11 is 1.46. The first-order valence-electron chi connectivity index (χ1n) is 6.00. The van der Waals surface area contributed by atoms with Crippen molar-refractivity contribution in [2.75, 3.05) is 26.2 Å². The van der Waals surface area contributed by atoms with E-state index in [2.05, 4.69) is 10.6 Å². The molecular weight excluding hydrogens is 236 g/mol. The molecule has 0 aliphatic carbocycles. The molecule has 1 aliphatic heterocycles. The Labute approximate surface area is 105 Å². The third-order valence-corrected chi connectivity index (χ3v) is 3.64. The number of piperidine rings is 1. The Balaban J connectivity index is 1.58. The van der Waals surface area contributed by atoms with E-state index in [1.54, 1.807) is 0 Å². The zero-order valence-corrected chi connectivity index (χ0v) is 10.6. The van der Waals surface area contributed by atoms with Gasteiger partial charge in [0.25, 0.3) is 5.91 Å². The lowest BCUT2D eigenvalue weighted by atomic mass is 10.1. The third kappa shape index (κ3) is 4.11. The van der Waals surface area contributed by atoms with Crippen LogP contribution in [0.1, 0.15) is 22.5 Å². The third-order valence-electron chi connectivity index (χ3n) is 2.77. The molecule has 1 saturated heterocycles. The van der Waals surface area contributed by atoms with Crippen LogP contribution in [0.2, 0.25) is 0 Å². The van der Waals surface area contributed by atoms with E-state index in [0.717, 1.165) is 30.8 Å². The number of hydrogen-bond donors (Lipinski definition) is 2. The van der Waals surface area contributed by atoms with Crippen LogP contribution >= 0.6 is 11.3 Å². The molecule has 1 aliphatic rings. The number of amides is 1. The fraction of sp³-hybridized carbons (Fsp3) is 0.583. The number of carbonyl (C=O) groups is 1. The fourth-order valence-electron chi connectivity index (χ4n) is 1.85. The van der Waals surface area contributed by atoms with Gasteiger partial charge in [-0.1, -0.05) is 6.07 Å². The van der Waals surface area contributed by atoms with E-state index in [9.17, 15) is 4.79 Å². The number of nitrogens with one attached hydrogen (secondary N) is 2. The van der Waals surface area contributed by atoms with E-state index in [1.165, 1.54) is 11.3 Å². The van der Waals surface area contributed by atoms with Gasteiger partial charge in [-0.15, -0.1) is 11.3 Å². The monoisotopic (exact) mass is 254 g/mol. The molecule has 0 saturated carbocycles. The topological polar surface area (TPSA) is 50.4 Å². The Hall–Kier alpha value is -0.910. The number of carbonyl (C=O) groups excluding carboxylic acids is 1. The van der Waals surface area contributed by atoms with E-state index < -0.39 is 0 Å².